The molecule has 0 bridgehead atoms. The highest BCUT2D eigenvalue weighted by molar-refractivity contribution is 5.86. The largest absolute Gasteiger partial charge is 0.501 e. The van der Waals surface area contributed by atoms with Crippen LogP contribution >= 0.6 is 0 Å². The molecule has 0 fully saturated rings. The third-order valence-electron chi connectivity index (χ3n) is 3.25. The van der Waals surface area contributed by atoms with E-state index in [9.17, 15) is 0 Å². The summed E-state index contributed by atoms with van der Waals surface area (Å²) in [6, 6.07) is 2.09. The molecule has 0 aromatic carbocycles. The Morgan fingerprint density at radius 3 is 3.12 bits per heavy atom. The maximum atomic E-state index is 5.30. The normalized spacial score (nSPS) is 14.8. The van der Waals surface area contributed by atoms with E-state index < -0.39 is 0 Å². The smallest absolute Gasteiger partial charge is 0.0977 e. The molecule has 1 N–H and O–H groups in total. The summed E-state index contributed by atoms with van der Waals surface area (Å²) in [5.74, 6) is 1.05. The first kappa shape index (κ1) is 9.46. The van der Waals surface area contributed by atoms with E-state index in [1.807, 2.05) is 13.1 Å². The Hall–Kier alpha value is -1.77. The minimum absolute atomic E-state index is 0.861. The third kappa shape index (κ3) is 1.24. The van der Waals surface area contributed by atoms with Crippen LogP contribution in [0.3, 0.4) is 0 Å². The number of aromatic amines is 1. The van der Waals surface area contributed by atoms with Gasteiger partial charge in [0.2, 0.25) is 0 Å². The van der Waals surface area contributed by atoms with Gasteiger partial charge in [-0.05, 0) is 31.1 Å². The zero-order valence-corrected chi connectivity index (χ0v) is 9.50. The number of rotatable bonds is 1. The van der Waals surface area contributed by atoms with E-state index in [0.717, 1.165) is 24.3 Å². The highest BCUT2D eigenvalue weighted by atomic mass is 16.5. The van der Waals surface area contributed by atoms with Crippen molar-refractivity contribution in [1.29, 1.82) is 0 Å². The highest BCUT2D eigenvalue weighted by Crippen LogP contribution is 2.29. The van der Waals surface area contributed by atoms with E-state index in [1.165, 1.54) is 22.2 Å². The Labute approximate surface area is 94.1 Å². The minimum Gasteiger partial charge on any atom is -0.501 e. The Balaban J connectivity index is 2.20. The molecule has 1 aliphatic rings. The van der Waals surface area contributed by atoms with Gasteiger partial charge in [0.1, 0.15) is 0 Å². The van der Waals surface area contributed by atoms with Crippen molar-refractivity contribution in [2.75, 3.05) is 7.11 Å². The number of methoxy groups -OCH3 is 1. The molecule has 2 aromatic heterocycles. The predicted octanol–water partition coefficient (Wildman–Crippen LogP) is 2.50. The van der Waals surface area contributed by atoms with Gasteiger partial charge in [0.05, 0.1) is 24.1 Å². The molecule has 2 aromatic rings. The first-order valence-electron chi connectivity index (χ1n) is 5.47. The van der Waals surface area contributed by atoms with Gasteiger partial charge >= 0.3 is 0 Å². The Morgan fingerprint density at radius 2 is 2.31 bits per heavy atom. The SMILES string of the molecule is COC1=CCc2c([nH]c3c(C)nccc23)C1. The molecule has 82 valence electrons. The van der Waals surface area contributed by atoms with Gasteiger partial charge in [0.15, 0.2) is 0 Å². The number of nitrogens with zero attached hydrogens (tertiary/aromatic N) is 1. The predicted molar refractivity (Wildman–Crippen MR) is 63.3 cm³/mol. The van der Waals surface area contributed by atoms with E-state index >= 15 is 0 Å². The summed E-state index contributed by atoms with van der Waals surface area (Å²) in [4.78, 5) is 7.78. The molecular formula is C13H14N2O. The fraction of sp³-hybridized carbons (Fsp3) is 0.308. The van der Waals surface area contributed by atoms with E-state index in [2.05, 4.69) is 22.1 Å². The molecule has 0 saturated heterocycles. The zero-order valence-electron chi connectivity index (χ0n) is 9.50. The number of H-pyrrole nitrogens is 1. The second kappa shape index (κ2) is 3.37. The van der Waals surface area contributed by atoms with Crippen LogP contribution in [0.1, 0.15) is 17.0 Å². The molecular weight excluding hydrogens is 200 g/mol. The van der Waals surface area contributed by atoms with E-state index in [4.69, 9.17) is 4.74 Å². The van der Waals surface area contributed by atoms with Crippen molar-refractivity contribution in [2.24, 2.45) is 0 Å². The van der Waals surface area contributed by atoms with Crippen molar-refractivity contribution in [1.82, 2.24) is 9.97 Å². The van der Waals surface area contributed by atoms with Gasteiger partial charge in [0.25, 0.3) is 0 Å². The summed E-state index contributed by atoms with van der Waals surface area (Å²) in [7, 11) is 1.73. The fourth-order valence-corrected chi connectivity index (χ4v) is 2.37. The number of aryl methyl sites for hydroxylation is 1. The molecule has 3 rings (SSSR count). The van der Waals surface area contributed by atoms with Gasteiger partial charge in [-0.15, -0.1) is 0 Å². The fourth-order valence-electron chi connectivity index (χ4n) is 2.37. The third-order valence-corrected chi connectivity index (χ3v) is 3.25. The Bertz CT molecular complexity index is 581. The number of hydrogen-bond donors (Lipinski definition) is 1. The lowest BCUT2D eigenvalue weighted by Crippen LogP contribution is -2.03. The molecule has 0 radical (unpaired) electrons. The summed E-state index contributed by atoms with van der Waals surface area (Å²) in [5.41, 5.74) is 4.89. The standard InChI is InChI=1S/C13H14N2O/c1-8-13-11(5-6-14-8)10-4-3-9(16-2)7-12(10)15-13/h3,5-6,15H,4,7H2,1-2H3. The number of fused-ring (bicyclic) bond motifs is 3. The lowest BCUT2D eigenvalue weighted by molar-refractivity contribution is 0.279. The number of hydrogen-bond acceptors (Lipinski definition) is 2. The summed E-state index contributed by atoms with van der Waals surface area (Å²) < 4.78 is 5.30. The van der Waals surface area contributed by atoms with Gasteiger partial charge in [-0.3, -0.25) is 4.98 Å². The van der Waals surface area contributed by atoms with Crippen molar-refractivity contribution < 1.29 is 4.74 Å². The van der Waals surface area contributed by atoms with E-state index in [0.29, 0.717) is 0 Å². The van der Waals surface area contributed by atoms with Crippen molar-refractivity contribution >= 4 is 10.9 Å². The maximum Gasteiger partial charge on any atom is 0.0977 e. The van der Waals surface area contributed by atoms with E-state index in [1.54, 1.807) is 7.11 Å². The Morgan fingerprint density at radius 1 is 1.44 bits per heavy atom. The highest BCUT2D eigenvalue weighted by Gasteiger charge is 2.17. The first-order valence-corrected chi connectivity index (χ1v) is 5.47. The van der Waals surface area contributed by atoms with Crippen molar-refractivity contribution in [3.63, 3.8) is 0 Å². The lowest BCUT2D eigenvalue weighted by atomic mass is 10.0. The van der Waals surface area contributed by atoms with Gasteiger partial charge in [-0.25, -0.2) is 0 Å². The summed E-state index contributed by atoms with van der Waals surface area (Å²) >= 11 is 0. The van der Waals surface area contributed by atoms with Crippen LogP contribution in [0.4, 0.5) is 0 Å². The van der Waals surface area contributed by atoms with Crippen LogP contribution in [0.2, 0.25) is 0 Å². The molecule has 0 amide bonds. The molecule has 0 spiro atoms. The summed E-state index contributed by atoms with van der Waals surface area (Å²) in [6.07, 6.45) is 5.84. The number of allylic oxidation sites excluding steroid dienone is 2. The van der Waals surface area contributed by atoms with Crippen LogP contribution in [-0.4, -0.2) is 17.1 Å². The van der Waals surface area contributed by atoms with Crippen molar-refractivity contribution in [2.45, 2.75) is 19.8 Å². The van der Waals surface area contributed by atoms with Crippen LogP contribution in [0, 0.1) is 6.92 Å². The van der Waals surface area contributed by atoms with Crippen molar-refractivity contribution in [3.8, 4) is 0 Å². The maximum absolute atomic E-state index is 5.30. The minimum atomic E-state index is 0.861. The molecule has 0 unspecified atom stereocenters. The van der Waals surface area contributed by atoms with E-state index in [-0.39, 0.29) is 0 Å². The van der Waals surface area contributed by atoms with Crippen LogP contribution < -0.4 is 0 Å². The average molecular weight is 214 g/mol. The zero-order chi connectivity index (χ0) is 11.1. The molecule has 3 nitrogen and oxygen atoms in total. The molecule has 1 aliphatic carbocycles. The topological polar surface area (TPSA) is 37.9 Å². The molecule has 3 heteroatoms. The van der Waals surface area contributed by atoms with Crippen molar-refractivity contribution in [3.05, 3.63) is 41.0 Å². The average Bonchev–Trinajstić information content (AvgIpc) is 2.68. The van der Waals surface area contributed by atoms with Crippen LogP contribution in [-0.2, 0) is 17.6 Å². The van der Waals surface area contributed by atoms with Gasteiger partial charge in [-0.2, -0.15) is 0 Å². The molecule has 0 saturated carbocycles. The summed E-state index contributed by atoms with van der Waals surface area (Å²) in [5, 5.41) is 1.30. The Kier molecular flexibility index (Phi) is 1.99. The lowest BCUT2D eigenvalue weighted by Gasteiger charge is -2.12. The molecule has 2 heterocycles. The van der Waals surface area contributed by atoms with Gasteiger partial charge < -0.3 is 9.72 Å². The first-order chi connectivity index (χ1) is 7.79. The quantitative estimate of drug-likeness (QED) is 0.792. The van der Waals surface area contributed by atoms with Crippen LogP contribution in [0.5, 0.6) is 0 Å². The summed E-state index contributed by atoms with van der Waals surface area (Å²) in [6.45, 7) is 2.04. The molecule has 16 heavy (non-hydrogen) atoms. The number of ether oxygens (including phenoxy) is 1. The molecule has 0 aliphatic heterocycles. The van der Waals surface area contributed by atoms with Crippen LogP contribution in [0.25, 0.3) is 10.9 Å². The van der Waals surface area contributed by atoms with Gasteiger partial charge in [0, 0.05) is 23.7 Å². The second-order valence-electron chi connectivity index (χ2n) is 4.16. The van der Waals surface area contributed by atoms with Crippen LogP contribution in [0.15, 0.2) is 24.1 Å². The number of nitrogens with one attached hydrogen (secondary N) is 1. The monoisotopic (exact) mass is 214 g/mol. The molecule has 0 atom stereocenters. The number of aromatic nitrogens is 2. The van der Waals surface area contributed by atoms with Gasteiger partial charge in [-0.1, -0.05) is 0 Å². The second-order valence-corrected chi connectivity index (χ2v) is 4.16. The number of pyridine rings is 1.